The molecule has 22 heavy (non-hydrogen) atoms. The van der Waals surface area contributed by atoms with E-state index in [0.717, 1.165) is 10.8 Å². The van der Waals surface area contributed by atoms with Crippen LogP contribution in [0.5, 0.6) is 0 Å². The summed E-state index contributed by atoms with van der Waals surface area (Å²) in [5, 5.41) is 40.3. The molecule has 0 amide bonds. The fourth-order valence-corrected chi connectivity index (χ4v) is 2.63. The summed E-state index contributed by atoms with van der Waals surface area (Å²) in [5.41, 5.74) is 0.200. The van der Waals surface area contributed by atoms with Crippen molar-refractivity contribution in [2.24, 2.45) is 0 Å². The summed E-state index contributed by atoms with van der Waals surface area (Å²) >= 11 is 0. The fourth-order valence-electron chi connectivity index (χ4n) is 2.63. The van der Waals surface area contributed by atoms with Crippen LogP contribution in [0.15, 0.2) is 36.4 Å². The zero-order valence-corrected chi connectivity index (χ0v) is 11.3. The quantitative estimate of drug-likeness (QED) is 0.588. The van der Waals surface area contributed by atoms with Gasteiger partial charge >= 0.3 is 0 Å². The van der Waals surface area contributed by atoms with Crippen molar-refractivity contribution < 1.29 is 0 Å². The molecule has 0 fully saturated rings. The van der Waals surface area contributed by atoms with Gasteiger partial charge in [-0.15, -0.1) is 0 Å². The molecule has 4 heteroatoms. The molecule has 0 heterocycles. The lowest BCUT2D eigenvalue weighted by atomic mass is 9.89. The summed E-state index contributed by atoms with van der Waals surface area (Å²) in [6, 6.07) is 18.9. The molecule has 98 valence electrons. The SMILES string of the molecule is N#Cc1c(C#N)c(C#N)c2cc3ccccc3cc2c1C#N. The minimum Gasteiger partial charge on any atom is -0.192 e. The van der Waals surface area contributed by atoms with E-state index < -0.39 is 0 Å². The average Bonchev–Trinajstić information content (AvgIpc) is 2.57. The monoisotopic (exact) mass is 278 g/mol. The van der Waals surface area contributed by atoms with Crippen LogP contribution in [0, 0.1) is 45.3 Å². The van der Waals surface area contributed by atoms with Gasteiger partial charge in [0.1, 0.15) is 24.3 Å². The molecule has 0 aliphatic heterocycles. The lowest BCUT2D eigenvalue weighted by Gasteiger charge is -2.09. The van der Waals surface area contributed by atoms with Gasteiger partial charge < -0.3 is 0 Å². The highest BCUT2D eigenvalue weighted by atomic mass is 14.3. The maximum Gasteiger partial charge on any atom is 0.102 e. The Morgan fingerprint density at radius 3 is 1.23 bits per heavy atom. The molecule has 0 bridgehead atoms. The number of fused-ring (bicyclic) bond motifs is 2. The van der Waals surface area contributed by atoms with E-state index in [1.165, 1.54) is 0 Å². The Hall–Kier alpha value is -3.86. The van der Waals surface area contributed by atoms with Gasteiger partial charge in [0, 0.05) is 10.8 Å². The molecule has 0 aromatic heterocycles. The van der Waals surface area contributed by atoms with Crippen molar-refractivity contribution in [1.29, 1.82) is 21.0 Å². The van der Waals surface area contributed by atoms with Crippen LogP contribution in [-0.4, -0.2) is 0 Å². The van der Waals surface area contributed by atoms with Crippen molar-refractivity contribution in [2.75, 3.05) is 0 Å². The van der Waals surface area contributed by atoms with Crippen LogP contribution >= 0.6 is 0 Å². The molecule has 3 aromatic carbocycles. The van der Waals surface area contributed by atoms with Crippen molar-refractivity contribution in [3.05, 3.63) is 58.7 Å². The molecule has 3 rings (SSSR count). The van der Waals surface area contributed by atoms with Gasteiger partial charge in [-0.2, -0.15) is 21.0 Å². The molecular formula is C18H6N4. The predicted octanol–water partition coefficient (Wildman–Crippen LogP) is 3.48. The number of hydrogen-bond donors (Lipinski definition) is 0. The Morgan fingerprint density at radius 2 is 0.909 bits per heavy atom. The summed E-state index contributed by atoms with van der Waals surface area (Å²) in [4.78, 5) is 0. The smallest absolute Gasteiger partial charge is 0.102 e. The maximum atomic E-state index is 9.41. The van der Waals surface area contributed by atoms with Crippen LogP contribution in [0.4, 0.5) is 0 Å². The van der Waals surface area contributed by atoms with E-state index in [9.17, 15) is 21.0 Å². The first-order valence-corrected chi connectivity index (χ1v) is 6.38. The van der Waals surface area contributed by atoms with Crippen molar-refractivity contribution in [2.45, 2.75) is 0 Å². The van der Waals surface area contributed by atoms with Crippen LogP contribution in [0.3, 0.4) is 0 Å². The third-order valence-corrected chi connectivity index (χ3v) is 3.62. The van der Waals surface area contributed by atoms with Crippen molar-refractivity contribution in [3.63, 3.8) is 0 Å². The van der Waals surface area contributed by atoms with E-state index in [0.29, 0.717) is 10.8 Å². The first kappa shape index (κ1) is 13.1. The highest BCUT2D eigenvalue weighted by Gasteiger charge is 2.19. The van der Waals surface area contributed by atoms with Gasteiger partial charge in [0.2, 0.25) is 0 Å². The second kappa shape index (κ2) is 4.92. The molecule has 0 radical (unpaired) electrons. The molecular weight excluding hydrogens is 272 g/mol. The number of hydrogen-bond acceptors (Lipinski definition) is 4. The van der Waals surface area contributed by atoms with Crippen molar-refractivity contribution in [3.8, 4) is 24.3 Å². The van der Waals surface area contributed by atoms with Gasteiger partial charge in [-0.3, -0.25) is 0 Å². The molecule has 0 aliphatic carbocycles. The van der Waals surface area contributed by atoms with Gasteiger partial charge in [-0.25, -0.2) is 0 Å². The first-order chi connectivity index (χ1) is 10.7. The fraction of sp³-hybridized carbons (Fsp3) is 0. The van der Waals surface area contributed by atoms with E-state index in [1.54, 1.807) is 12.1 Å². The van der Waals surface area contributed by atoms with E-state index in [2.05, 4.69) is 0 Å². The summed E-state index contributed by atoms with van der Waals surface area (Å²) in [5.74, 6) is 0. The third kappa shape index (κ3) is 1.66. The number of nitrogens with zero attached hydrogens (tertiary/aromatic N) is 4. The van der Waals surface area contributed by atoms with Gasteiger partial charge in [0.15, 0.2) is 0 Å². The predicted molar refractivity (Wildman–Crippen MR) is 80.3 cm³/mol. The number of nitriles is 4. The lowest BCUT2D eigenvalue weighted by molar-refractivity contribution is 1.39. The van der Waals surface area contributed by atoms with Crippen LogP contribution in [0.2, 0.25) is 0 Å². The Labute approximate surface area is 126 Å². The number of benzene rings is 3. The number of rotatable bonds is 0. The average molecular weight is 278 g/mol. The topological polar surface area (TPSA) is 95.2 Å². The Balaban J connectivity index is 2.69. The van der Waals surface area contributed by atoms with Gasteiger partial charge in [0.05, 0.1) is 22.3 Å². The first-order valence-electron chi connectivity index (χ1n) is 6.38. The normalized spacial score (nSPS) is 9.64. The van der Waals surface area contributed by atoms with Crippen molar-refractivity contribution in [1.82, 2.24) is 0 Å². The van der Waals surface area contributed by atoms with Gasteiger partial charge in [0.25, 0.3) is 0 Å². The largest absolute Gasteiger partial charge is 0.192 e. The van der Waals surface area contributed by atoms with E-state index in [-0.39, 0.29) is 22.3 Å². The summed E-state index contributed by atoms with van der Waals surface area (Å²) in [6.07, 6.45) is 0. The summed E-state index contributed by atoms with van der Waals surface area (Å²) in [6.45, 7) is 0. The van der Waals surface area contributed by atoms with Gasteiger partial charge in [-0.1, -0.05) is 24.3 Å². The molecule has 0 saturated carbocycles. The highest BCUT2D eigenvalue weighted by Crippen LogP contribution is 2.32. The zero-order chi connectivity index (χ0) is 15.7. The Kier molecular flexibility index (Phi) is 2.94. The Morgan fingerprint density at radius 1 is 0.545 bits per heavy atom. The van der Waals surface area contributed by atoms with Crippen molar-refractivity contribution >= 4 is 21.5 Å². The maximum absolute atomic E-state index is 9.41. The minimum absolute atomic E-state index is 0.0377. The molecule has 0 spiro atoms. The van der Waals surface area contributed by atoms with E-state index >= 15 is 0 Å². The molecule has 0 saturated heterocycles. The van der Waals surface area contributed by atoms with Crippen LogP contribution < -0.4 is 0 Å². The molecule has 0 unspecified atom stereocenters. The van der Waals surface area contributed by atoms with Gasteiger partial charge in [-0.05, 0) is 22.9 Å². The van der Waals surface area contributed by atoms with E-state index in [4.69, 9.17) is 0 Å². The molecule has 0 atom stereocenters. The standard InChI is InChI=1S/C18H6N4/c19-7-15-13-5-11-3-1-2-4-12(11)6-14(13)16(8-20)18(10-22)17(15)9-21/h1-6H. The summed E-state index contributed by atoms with van der Waals surface area (Å²) in [7, 11) is 0. The Bertz CT molecular complexity index is 1020. The lowest BCUT2D eigenvalue weighted by Crippen LogP contribution is -1.97. The zero-order valence-electron chi connectivity index (χ0n) is 11.3. The third-order valence-electron chi connectivity index (χ3n) is 3.62. The second-order valence-electron chi connectivity index (χ2n) is 4.69. The minimum atomic E-state index is -0.0377. The van der Waals surface area contributed by atoms with Crippen LogP contribution in [0.1, 0.15) is 22.3 Å². The van der Waals surface area contributed by atoms with E-state index in [1.807, 2.05) is 48.5 Å². The molecule has 0 aliphatic rings. The second-order valence-corrected chi connectivity index (χ2v) is 4.69. The summed E-state index contributed by atoms with van der Waals surface area (Å²) < 4.78 is 0. The molecule has 3 aromatic rings. The van der Waals surface area contributed by atoms with Crippen LogP contribution in [-0.2, 0) is 0 Å². The highest BCUT2D eigenvalue weighted by molar-refractivity contribution is 6.05. The van der Waals surface area contributed by atoms with Crippen LogP contribution in [0.25, 0.3) is 21.5 Å². The molecule has 4 nitrogen and oxygen atoms in total. The molecule has 0 N–H and O–H groups in total.